The third-order valence-electron chi connectivity index (χ3n) is 2.65. The van der Waals surface area contributed by atoms with Crippen LogP contribution in [-0.2, 0) is 11.2 Å². The van der Waals surface area contributed by atoms with E-state index in [1.54, 1.807) is 7.11 Å². The lowest BCUT2D eigenvalue weighted by molar-refractivity contribution is 0.194. The Morgan fingerprint density at radius 1 is 1.60 bits per heavy atom. The fraction of sp³-hybridized carbons (Fsp3) is 0.800. The highest BCUT2D eigenvalue weighted by Gasteiger charge is 2.33. The SMILES string of the molecule is COCCCc1noc(C(N)C2CC2)n1. The molecule has 2 N–H and O–H groups in total. The minimum Gasteiger partial charge on any atom is -0.385 e. The van der Waals surface area contributed by atoms with Gasteiger partial charge in [-0.25, -0.2) is 0 Å². The van der Waals surface area contributed by atoms with E-state index in [2.05, 4.69) is 10.1 Å². The van der Waals surface area contributed by atoms with E-state index in [0.717, 1.165) is 25.3 Å². The molecule has 1 unspecified atom stereocenters. The summed E-state index contributed by atoms with van der Waals surface area (Å²) in [5.74, 6) is 1.88. The number of hydrogen-bond acceptors (Lipinski definition) is 5. The summed E-state index contributed by atoms with van der Waals surface area (Å²) in [6, 6.07) is -0.0614. The Hall–Kier alpha value is -0.940. The van der Waals surface area contributed by atoms with E-state index in [-0.39, 0.29) is 6.04 Å². The zero-order valence-corrected chi connectivity index (χ0v) is 8.98. The van der Waals surface area contributed by atoms with Crippen LogP contribution in [0.5, 0.6) is 0 Å². The zero-order chi connectivity index (χ0) is 10.7. The first-order valence-electron chi connectivity index (χ1n) is 5.38. The predicted molar refractivity (Wildman–Crippen MR) is 54.1 cm³/mol. The minimum absolute atomic E-state index is 0.0614. The number of nitrogens with zero attached hydrogens (tertiary/aromatic N) is 2. The molecule has 0 aromatic carbocycles. The second-order valence-corrected chi connectivity index (χ2v) is 4.01. The van der Waals surface area contributed by atoms with E-state index in [1.165, 1.54) is 12.8 Å². The third kappa shape index (κ3) is 2.76. The van der Waals surface area contributed by atoms with E-state index in [4.69, 9.17) is 15.0 Å². The second-order valence-electron chi connectivity index (χ2n) is 4.01. The molecular weight excluding hydrogens is 194 g/mol. The Bertz CT molecular complexity index is 309. The molecule has 84 valence electrons. The van der Waals surface area contributed by atoms with Crippen LogP contribution >= 0.6 is 0 Å². The van der Waals surface area contributed by atoms with Gasteiger partial charge in [0.2, 0.25) is 5.89 Å². The number of methoxy groups -OCH3 is 1. The second kappa shape index (κ2) is 4.72. The molecule has 0 radical (unpaired) electrons. The molecule has 5 nitrogen and oxygen atoms in total. The van der Waals surface area contributed by atoms with E-state index in [9.17, 15) is 0 Å². The van der Waals surface area contributed by atoms with Crippen molar-refractivity contribution >= 4 is 0 Å². The molecule has 1 saturated carbocycles. The predicted octanol–water partition coefficient (Wildman–Crippen LogP) is 1.06. The monoisotopic (exact) mass is 211 g/mol. The molecule has 1 aromatic rings. The number of rotatable bonds is 6. The van der Waals surface area contributed by atoms with Crippen molar-refractivity contribution in [2.24, 2.45) is 11.7 Å². The zero-order valence-electron chi connectivity index (χ0n) is 8.98. The van der Waals surface area contributed by atoms with Gasteiger partial charge in [-0.1, -0.05) is 5.16 Å². The first-order valence-corrected chi connectivity index (χ1v) is 5.38. The molecule has 1 aromatic heterocycles. The molecule has 0 bridgehead atoms. The first-order chi connectivity index (χ1) is 7.31. The van der Waals surface area contributed by atoms with Gasteiger partial charge < -0.3 is 15.0 Å². The number of hydrogen-bond donors (Lipinski definition) is 1. The molecule has 1 heterocycles. The van der Waals surface area contributed by atoms with Crippen molar-refractivity contribution < 1.29 is 9.26 Å². The molecule has 1 aliphatic rings. The van der Waals surface area contributed by atoms with Crippen molar-refractivity contribution in [3.8, 4) is 0 Å². The van der Waals surface area contributed by atoms with Gasteiger partial charge in [0, 0.05) is 20.1 Å². The quantitative estimate of drug-likeness (QED) is 0.712. The molecule has 0 aliphatic heterocycles. The van der Waals surface area contributed by atoms with E-state index < -0.39 is 0 Å². The average molecular weight is 211 g/mol. The number of nitrogens with two attached hydrogens (primary N) is 1. The van der Waals surface area contributed by atoms with Crippen LogP contribution in [0, 0.1) is 5.92 Å². The highest BCUT2D eigenvalue weighted by atomic mass is 16.5. The molecule has 0 amide bonds. The van der Waals surface area contributed by atoms with Crippen LogP contribution in [0.15, 0.2) is 4.52 Å². The number of ether oxygens (including phenoxy) is 1. The fourth-order valence-corrected chi connectivity index (χ4v) is 1.54. The van der Waals surface area contributed by atoms with Crippen LogP contribution in [-0.4, -0.2) is 23.9 Å². The van der Waals surface area contributed by atoms with Gasteiger partial charge >= 0.3 is 0 Å². The molecular formula is C10H17N3O2. The third-order valence-corrected chi connectivity index (χ3v) is 2.65. The normalized spacial score (nSPS) is 18.0. The summed E-state index contributed by atoms with van der Waals surface area (Å²) in [7, 11) is 1.69. The van der Waals surface area contributed by atoms with Gasteiger partial charge in [-0.15, -0.1) is 0 Å². The van der Waals surface area contributed by atoms with Crippen molar-refractivity contribution in [2.75, 3.05) is 13.7 Å². The van der Waals surface area contributed by atoms with Crippen LogP contribution in [0.3, 0.4) is 0 Å². The summed E-state index contributed by atoms with van der Waals surface area (Å²) in [5.41, 5.74) is 5.95. The fourth-order valence-electron chi connectivity index (χ4n) is 1.54. The Labute approximate surface area is 89.0 Å². The number of aryl methyl sites for hydroxylation is 1. The lowest BCUT2D eigenvalue weighted by Crippen LogP contribution is -2.12. The van der Waals surface area contributed by atoms with Crippen LogP contribution in [0.4, 0.5) is 0 Å². The smallest absolute Gasteiger partial charge is 0.243 e. The molecule has 1 atom stereocenters. The maximum atomic E-state index is 5.95. The lowest BCUT2D eigenvalue weighted by Gasteiger charge is -2.01. The summed E-state index contributed by atoms with van der Waals surface area (Å²) >= 11 is 0. The van der Waals surface area contributed by atoms with Gasteiger partial charge in [0.25, 0.3) is 0 Å². The van der Waals surface area contributed by atoms with E-state index in [0.29, 0.717) is 11.8 Å². The molecule has 15 heavy (non-hydrogen) atoms. The van der Waals surface area contributed by atoms with Crippen molar-refractivity contribution in [3.05, 3.63) is 11.7 Å². The van der Waals surface area contributed by atoms with Gasteiger partial charge in [0.1, 0.15) is 0 Å². The van der Waals surface area contributed by atoms with Crippen LogP contribution in [0.25, 0.3) is 0 Å². The Morgan fingerprint density at radius 3 is 3.07 bits per heavy atom. The van der Waals surface area contributed by atoms with Gasteiger partial charge in [0.15, 0.2) is 5.82 Å². The maximum Gasteiger partial charge on any atom is 0.243 e. The molecule has 2 rings (SSSR count). The number of aromatic nitrogens is 2. The van der Waals surface area contributed by atoms with Crippen LogP contribution < -0.4 is 5.73 Å². The van der Waals surface area contributed by atoms with Gasteiger partial charge in [-0.3, -0.25) is 0 Å². The van der Waals surface area contributed by atoms with Crippen molar-refractivity contribution in [1.29, 1.82) is 0 Å². The first kappa shape index (κ1) is 10.6. The molecule has 0 spiro atoms. The summed E-state index contributed by atoms with van der Waals surface area (Å²) < 4.78 is 10.1. The van der Waals surface area contributed by atoms with Crippen molar-refractivity contribution in [2.45, 2.75) is 31.7 Å². The van der Waals surface area contributed by atoms with Crippen molar-refractivity contribution in [3.63, 3.8) is 0 Å². The topological polar surface area (TPSA) is 74.2 Å². The van der Waals surface area contributed by atoms with Crippen LogP contribution in [0.2, 0.25) is 0 Å². The van der Waals surface area contributed by atoms with E-state index >= 15 is 0 Å². The van der Waals surface area contributed by atoms with Crippen molar-refractivity contribution in [1.82, 2.24) is 10.1 Å². The Morgan fingerprint density at radius 2 is 2.40 bits per heavy atom. The lowest BCUT2D eigenvalue weighted by atomic mass is 10.2. The molecule has 1 fully saturated rings. The summed E-state index contributed by atoms with van der Waals surface area (Å²) in [6.45, 7) is 0.721. The standard InChI is InChI=1S/C10H17N3O2/c1-14-6-2-3-8-12-10(15-13-8)9(11)7-4-5-7/h7,9H,2-6,11H2,1H3. The average Bonchev–Trinajstić information content (AvgIpc) is 2.98. The summed E-state index contributed by atoms with van der Waals surface area (Å²) in [4.78, 5) is 4.28. The summed E-state index contributed by atoms with van der Waals surface area (Å²) in [5, 5.41) is 3.90. The van der Waals surface area contributed by atoms with Gasteiger partial charge in [-0.05, 0) is 25.2 Å². The maximum absolute atomic E-state index is 5.95. The largest absolute Gasteiger partial charge is 0.385 e. The summed E-state index contributed by atoms with van der Waals surface area (Å²) in [6.07, 6.45) is 4.06. The van der Waals surface area contributed by atoms with Gasteiger partial charge in [-0.2, -0.15) is 4.98 Å². The van der Waals surface area contributed by atoms with Gasteiger partial charge in [0.05, 0.1) is 6.04 Å². The van der Waals surface area contributed by atoms with Crippen LogP contribution in [0.1, 0.15) is 37.0 Å². The minimum atomic E-state index is -0.0614. The Kier molecular flexibility index (Phi) is 3.33. The highest BCUT2D eigenvalue weighted by molar-refractivity contribution is 4.98. The highest BCUT2D eigenvalue weighted by Crippen LogP contribution is 2.38. The Balaban J connectivity index is 1.85. The molecule has 1 aliphatic carbocycles. The molecule has 5 heteroatoms. The van der Waals surface area contributed by atoms with E-state index in [1.807, 2.05) is 0 Å². The molecule has 0 saturated heterocycles.